The fraction of sp³-hybridized carbons (Fsp3) is 0.240. The Morgan fingerprint density at radius 1 is 1.00 bits per heavy atom. The minimum atomic E-state index is -0.461. The van der Waals surface area contributed by atoms with E-state index in [0.717, 1.165) is 16.6 Å². The maximum absolute atomic E-state index is 13.2. The molecule has 2 fully saturated rings. The van der Waals surface area contributed by atoms with E-state index in [2.05, 4.69) is 15.2 Å². The summed E-state index contributed by atoms with van der Waals surface area (Å²) < 4.78 is 0.919. The number of nitrogens with zero attached hydrogens (tertiary/aromatic N) is 4. The zero-order chi connectivity index (χ0) is 23.7. The number of fused-ring (bicyclic) bond motifs is 3. The molecule has 0 aliphatic carbocycles. The third-order valence-electron chi connectivity index (χ3n) is 7.09. The summed E-state index contributed by atoms with van der Waals surface area (Å²) in [6, 6.07) is 9.63. The van der Waals surface area contributed by atoms with Crippen molar-refractivity contribution in [3.63, 3.8) is 0 Å². The van der Waals surface area contributed by atoms with Crippen LogP contribution < -0.4 is 10.2 Å². The third-order valence-corrected chi connectivity index (χ3v) is 8.04. The van der Waals surface area contributed by atoms with Gasteiger partial charge in [0, 0.05) is 49.2 Å². The molecule has 0 bridgehead atoms. The van der Waals surface area contributed by atoms with Gasteiger partial charge in [-0.1, -0.05) is 18.2 Å². The van der Waals surface area contributed by atoms with Crippen molar-refractivity contribution in [2.24, 2.45) is 0 Å². The lowest BCUT2D eigenvalue weighted by atomic mass is 9.99. The lowest BCUT2D eigenvalue weighted by molar-refractivity contribution is -0.129. The van der Waals surface area contributed by atoms with Crippen LogP contribution in [0.25, 0.3) is 32.3 Å². The average Bonchev–Trinajstić information content (AvgIpc) is 3.63. The van der Waals surface area contributed by atoms with Gasteiger partial charge in [-0.05, 0) is 23.9 Å². The van der Waals surface area contributed by atoms with Crippen LogP contribution in [0, 0.1) is 0 Å². The zero-order valence-electron chi connectivity index (χ0n) is 18.6. The highest BCUT2D eigenvalue weighted by Crippen LogP contribution is 2.38. The first-order valence-electron chi connectivity index (χ1n) is 11.5. The largest absolute Gasteiger partial charge is 0.360 e. The standard InChI is InChI=1S/C25H20N6O3S/c32-18-6-5-13-12-30(8-9-31(13)18)25-27-16-4-2-1-3-14(16)21(28-25)20-19(23(33)29-24(20)34)15-11-26-17-7-10-35-22(15)17/h1-4,7,10-11,13,26H,5-6,8-9,12H2,(H,29,33,34). The summed E-state index contributed by atoms with van der Waals surface area (Å²) >= 11 is 1.52. The van der Waals surface area contributed by atoms with Crippen LogP contribution >= 0.6 is 11.3 Å². The Morgan fingerprint density at radius 3 is 2.77 bits per heavy atom. The highest BCUT2D eigenvalue weighted by atomic mass is 32.1. The maximum atomic E-state index is 13.2. The molecule has 0 spiro atoms. The Morgan fingerprint density at radius 2 is 1.86 bits per heavy atom. The van der Waals surface area contributed by atoms with E-state index < -0.39 is 11.8 Å². The Hall–Kier alpha value is -4.05. The van der Waals surface area contributed by atoms with Gasteiger partial charge in [0.2, 0.25) is 11.9 Å². The van der Waals surface area contributed by atoms with Crippen molar-refractivity contribution in [3.05, 3.63) is 53.2 Å². The second-order valence-corrected chi connectivity index (χ2v) is 9.93. The number of carbonyl (C=O) groups is 3. The van der Waals surface area contributed by atoms with Gasteiger partial charge in [0.05, 0.1) is 32.6 Å². The molecule has 0 saturated carbocycles. The van der Waals surface area contributed by atoms with Crippen LogP contribution in [0.3, 0.4) is 0 Å². The van der Waals surface area contributed by atoms with Gasteiger partial charge >= 0.3 is 0 Å². The number of hydrogen-bond donors (Lipinski definition) is 2. The Bertz CT molecular complexity index is 1600. The van der Waals surface area contributed by atoms with Crippen LogP contribution in [0.2, 0.25) is 0 Å². The van der Waals surface area contributed by atoms with Crippen molar-refractivity contribution in [1.82, 2.24) is 25.2 Å². The maximum Gasteiger partial charge on any atom is 0.261 e. The molecular weight excluding hydrogens is 464 g/mol. The summed E-state index contributed by atoms with van der Waals surface area (Å²) in [7, 11) is 0. The molecule has 6 heterocycles. The molecule has 1 atom stereocenters. The quantitative estimate of drug-likeness (QED) is 0.433. The first kappa shape index (κ1) is 20.3. The molecule has 1 unspecified atom stereocenters. The second-order valence-electron chi connectivity index (χ2n) is 9.01. The van der Waals surface area contributed by atoms with Crippen molar-refractivity contribution in [3.8, 4) is 0 Å². The Kier molecular flexibility index (Phi) is 4.34. The van der Waals surface area contributed by atoms with Crippen molar-refractivity contribution in [2.75, 3.05) is 24.5 Å². The Balaban J connectivity index is 1.42. The number of para-hydroxylation sites is 1. The predicted octanol–water partition coefficient (Wildman–Crippen LogP) is 2.55. The smallest absolute Gasteiger partial charge is 0.261 e. The van der Waals surface area contributed by atoms with Gasteiger partial charge in [-0.25, -0.2) is 9.97 Å². The fourth-order valence-electron chi connectivity index (χ4n) is 5.41. The van der Waals surface area contributed by atoms with Gasteiger partial charge in [0.15, 0.2) is 0 Å². The molecule has 9 nitrogen and oxygen atoms in total. The molecule has 3 amide bonds. The van der Waals surface area contributed by atoms with Gasteiger partial charge < -0.3 is 14.8 Å². The minimum Gasteiger partial charge on any atom is -0.360 e. The van der Waals surface area contributed by atoms with Crippen LogP contribution in [-0.4, -0.2) is 63.2 Å². The monoisotopic (exact) mass is 484 g/mol. The second kappa shape index (κ2) is 7.47. The van der Waals surface area contributed by atoms with Gasteiger partial charge in [-0.2, -0.15) is 0 Å². The number of piperazine rings is 1. The average molecular weight is 485 g/mol. The fourth-order valence-corrected chi connectivity index (χ4v) is 6.30. The molecule has 10 heteroatoms. The summed E-state index contributed by atoms with van der Waals surface area (Å²) in [5.41, 5.74) is 3.34. The van der Waals surface area contributed by atoms with E-state index >= 15 is 0 Å². The molecule has 2 saturated heterocycles. The molecule has 3 aromatic heterocycles. The normalized spacial score (nSPS) is 20.5. The molecule has 0 radical (unpaired) electrons. The topological polar surface area (TPSA) is 111 Å². The molecule has 7 rings (SSSR count). The molecular formula is C25H20N6O3S. The van der Waals surface area contributed by atoms with E-state index in [1.54, 1.807) is 6.20 Å². The molecule has 4 aromatic rings. The lowest BCUT2D eigenvalue weighted by Crippen LogP contribution is -2.52. The van der Waals surface area contributed by atoms with Gasteiger partial charge in [0.25, 0.3) is 11.8 Å². The molecule has 35 heavy (non-hydrogen) atoms. The van der Waals surface area contributed by atoms with E-state index in [4.69, 9.17) is 9.97 Å². The van der Waals surface area contributed by atoms with E-state index in [1.807, 2.05) is 40.6 Å². The van der Waals surface area contributed by atoms with Crippen molar-refractivity contribution < 1.29 is 14.4 Å². The number of nitrogens with one attached hydrogen (secondary N) is 2. The van der Waals surface area contributed by atoms with E-state index in [-0.39, 0.29) is 17.5 Å². The highest BCUT2D eigenvalue weighted by molar-refractivity contribution is 7.17. The summed E-state index contributed by atoms with van der Waals surface area (Å²) in [6.45, 7) is 1.89. The van der Waals surface area contributed by atoms with Crippen LogP contribution in [0.1, 0.15) is 24.1 Å². The van der Waals surface area contributed by atoms with E-state index in [9.17, 15) is 14.4 Å². The zero-order valence-corrected chi connectivity index (χ0v) is 19.4. The van der Waals surface area contributed by atoms with Gasteiger partial charge in [-0.3, -0.25) is 19.7 Å². The van der Waals surface area contributed by atoms with Crippen LogP contribution in [0.15, 0.2) is 41.9 Å². The number of H-pyrrole nitrogens is 1. The minimum absolute atomic E-state index is 0.146. The SMILES string of the molecule is O=C1NC(=O)C(c2c[nH]c3ccsc23)=C1c1nc(N2CCN3C(=O)CCC3C2)nc2ccccc12. The van der Waals surface area contributed by atoms with Crippen LogP contribution in [0.4, 0.5) is 5.95 Å². The number of anilines is 1. The summed E-state index contributed by atoms with van der Waals surface area (Å²) in [5, 5.41) is 5.14. The molecule has 3 aliphatic rings. The highest BCUT2D eigenvalue weighted by Gasteiger charge is 2.38. The van der Waals surface area contributed by atoms with E-state index in [0.29, 0.717) is 59.7 Å². The molecule has 3 aliphatic heterocycles. The van der Waals surface area contributed by atoms with Crippen molar-refractivity contribution in [1.29, 1.82) is 0 Å². The number of amides is 3. The summed E-state index contributed by atoms with van der Waals surface area (Å²) in [5.74, 6) is -0.178. The van der Waals surface area contributed by atoms with Crippen molar-refractivity contribution >= 4 is 67.3 Å². The first-order valence-corrected chi connectivity index (χ1v) is 12.4. The number of benzene rings is 1. The lowest BCUT2D eigenvalue weighted by Gasteiger charge is -2.37. The number of imide groups is 1. The van der Waals surface area contributed by atoms with Crippen LogP contribution in [-0.2, 0) is 14.4 Å². The summed E-state index contributed by atoms with van der Waals surface area (Å²) in [4.78, 5) is 55.2. The first-order chi connectivity index (χ1) is 17.1. The third kappa shape index (κ3) is 3.02. The van der Waals surface area contributed by atoms with Gasteiger partial charge in [-0.15, -0.1) is 11.3 Å². The number of aromatic nitrogens is 3. The number of hydrogen-bond acceptors (Lipinski definition) is 7. The predicted molar refractivity (Wildman–Crippen MR) is 133 cm³/mol. The molecule has 1 aromatic carbocycles. The van der Waals surface area contributed by atoms with Gasteiger partial charge in [0.1, 0.15) is 0 Å². The summed E-state index contributed by atoms with van der Waals surface area (Å²) in [6.07, 6.45) is 3.18. The van der Waals surface area contributed by atoms with Crippen molar-refractivity contribution in [2.45, 2.75) is 18.9 Å². The Labute approximate surface area is 203 Å². The molecule has 174 valence electrons. The number of aromatic amines is 1. The van der Waals surface area contributed by atoms with Crippen LogP contribution in [0.5, 0.6) is 0 Å². The van der Waals surface area contributed by atoms with E-state index in [1.165, 1.54) is 11.3 Å². The number of thiophene rings is 1. The number of rotatable bonds is 3. The molecule has 2 N–H and O–H groups in total. The number of carbonyl (C=O) groups excluding carboxylic acids is 3.